The fraction of sp³-hybridized carbons (Fsp3) is 0.267. The number of thiophene rings is 1. The number of anilines is 1. The van der Waals surface area contributed by atoms with Gasteiger partial charge in [0.2, 0.25) is 0 Å². The summed E-state index contributed by atoms with van der Waals surface area (Å²) in [6.45, 7) is 2.12. The Hall–Kier alpha value is -1.33. The number of rotatable bonds is 5. The Bertz CT molecular complexity index is 584. The molecule has 1 atom stereocenters. The normalized spacial score (nSPS) is 12.1. The van der Waals surface area contributed by atoms with Crippen molar-refractivity contribution < 1.29 is 4.79 Å². The minimum Gasteiger partial charge on any atom is -0.398 e. The fourth-order valence-electron chi connectivity index (χ4n) is 1.99. The molecule has 0 bridgehead atoms. The van der Waals surface area contributed by atoms with Crippen LogP contribution in [-0.2, 0) is 0 Å². The lowest BCUT2D eigenvalue weighted by Gasteiger charge is -2.17. The van der Waals surface area contributed by atoms with Gasteiger partial charge in [-0.3, -0.25) is 4.79 Å². The molecule has 0 aliphatic rings. The minimum atomic E-state index is -0.0870. The quantitative estimate of drug-likeness (QED) is 0.785. The first-order valence-corrected chi connectivity index (χ1v) is 8.18. The van der Waals surface area contributed by atoms with Crippen LogP contribution in [0.2, 0.25) is 0 Å². The Kier molecular flexibility index (Phi) is 5.20. The topological polar surface area (TPSA) is 55.1 Å². The average Bonchev–Trinajstić information content (AvgIpc) is 2.95. The molecule has 3 nitrogen and oxygen atoms in total. The first-order valence-electron chi connectivity index (χ1n) is 6.51. The summed E-state index contributed by atoms with van der Waals surface area (Å²) in [6, 6.07) is 9.39. The van der Waals surface area contributed by atoms with Gasteiger partial charge in [-0.05, 0) is 52.0 Å². The van der Waals surface area contributed by atoms with E-state index in [2.05, 4.69) is 34.2 Å². The van der Waals surface area contributed by atoms with E-state index in [9.17, 15) is 4.79 Å². The van der Waals surface area contributed by atoms with Crippen LogP contribution < -0.4 is 11.1 Å². The summed E-state index contributed by atoms with van der Waals surface area (Å²) in [5.74, 6) is -0.0870. The molecule has 5 heteroatoms. The monoisotopic (exact) mass is 352 g/mol. The van der Waals surface area contributed by atoms with Gasteiger partial charge in [0.25, 0.3) is 5.91 Å². The summed E-state index contributed by atoms with van der Waals surface area (Å²) in [7, 11) is 0. The van der Waals surface area contributed by atoms with Crippen molar-refractivity contribution >= 4 is 38.9 Å². The van der Waals surface area contributed by atoms with E-state index in [0.29, 0.717) is 11.3 Å². The van der Waals surface area contributed by atoms with Gasteiger partial charge >= 0.3 is 0 Å². The number of hydrogen-bond acceptors (Lipinski definition) is 3. The first kappa shape index (κ1) is 15.1. The fourth-order valence-corrected chi connectivity index (χ4v) is 3.05. The van der Waals surface area contributed by atoms with Crippen LogP contribution in [0, 0.1) is 0 Å². The number of halogens is 1. The lowest BCUT2D eigenvalue weighted by Crippen LogP contribution is -2.28. The second kappa shape index (κ2) is 6.90. The SMILES string of the molecule is CCCC(NC(=O)c1ccc(Br)c(N)c1)c1cccs1. The molecule has 0 saturated carbocycles. The third kappa shape index (κ3) is 3.61. The van der Waals surface area contributed by atoms with E-state index in [4.69, 9.17) is 5.73 Å². The Morgan fingerprint density at radius 1 is 1.45 bits per heavy atom. The van der Waals surface area contributed by atoms with Crippen molar-refractivity contribution in [3.8, 4) is 0 Å². The highest BCUT2D eigenvalue weighted by Crippen LogP contribution is 2.25. The third-order valence-electron chi connectivity index (χ3n) is 3.03. The lowest BCUT2D eigenvalue weighted by molar-refractivity contribution is 0.0935. The van der Waals surface area contributed by atoms with Crippen LogP contribution in [0.5, 0.6) is 0 Å². The highest BCUT2D eigenvalue weighted by Gasteiger charge is 2.16. The van der Waals surface area contributed by atoms with Gasteiger partial charge in [0.1, 0.15) is 0 Å². The van der Waals surface area contributed by atoms with Crippen LogP contribution in [-0.4, -0.2) is 5.91 Å². The molecule has 0 saturated heterocycles. The van der Waals surface area contributed by atoms with Crippen molar-refractivity contribution in [1.82, 2.24) is 5.32 Å². The van der Waals surface area contributed by atoms with Crippen LogP contribution in [0.1, 0.15) is 41.0 Å². The number of carbonyl (C=O) groups excluding carboxylic acids is 1. The number of hydrogen-bond donors (Lipinski definition) is 2. The number of nitrogens with one attached hydrogen (secondary N) is 1. The highest BCUT2D eigenvalue weighted by atomic mass is 79.9. The van der Waals surface area contributed by atoms with Crippen molar-refractivity contribution in [3.63, 3.8) is 0 Å². The standard InChI is InChI=1S/C15H17BrN2OS/c1-2-4-13(14-5-3-8-20-14)18-15(19)10-6-7-11(16)12(17)9-10/h3,5-9,13H,2,4,17H2,1H3,(H,18,19). The first-order chi connectivity index (χ1) is 9.61. The maximum Gasteiger partial charge on any atom is 0.251 e. The minimum absolute atomic E-state index is 0.0670. The van der Waals surface area contributed by atoms with Gasteiger partial charge in [0.05, 0.1) is 6.04 Å². The molecule has 1 amide bonds. The second-order valence-electron chi connectivity index (χ2n) is 4.57. The maximum atomic E-state index is 12.3. The maximum absolute atomic E-state index is 12.3. The average molecular weight is 353 g/mol. The molecule has 3 N–H and O–H groups in total. The van der Waals surface area contributed by atoms with Gasteiger partial charge in [-0.25, -0.2) is 0 Å². The number of carbonyl (C=O) groups is 1. The van der Waals surface area contributed by atoms with Gasteiger partial charge < -0.3 is 11.1 Å². The van der Waals surface area contributed by atoms with Crippen LogP contribution in [0.4, 0.5) is 5.69 Å². The summed E-state index contributed by atoms with van der Waals surface area (Å²) in [6.07, 6.45) is 1.95. The largest absolute Gasteiger partial charge is 0.398 e. The Balaban J connectivity index is 2.13. The Labute approximate surface area is 131 Å². The van der Waals surface area contributed by atoms with Crippen LogP contribution >= 0.6 is 27.3 Å². The van der Waals surface area contributed by atoms with E-state index in [0.717, 1.165) is 17.3 Å². The molecular formula is C15H17BrN2OS. The van der Waals surface area contributed by atoms with Crippen LogP contribution in [0.3, 0.4) is 0 Å². The van der Waals surface area contributed by atoms with Gasteiger partial charge in [0.15, 0.2) is 0 Å². The van der Waals surface area contributed by atoms with Gasteiger partial charge in [0, 0.05) is 20.6 Å². The summed E-state index contributed by atoms with van der Waals surface area (Å²) in [5, 5.41) is 5.11. The second-order valence-corrected chi connectivity index (χ2v) is 6.40. The molecule has 1 aromatic carbocycles. The summed E-state index contributed by atoms with van der Waals surface area (Å²) < 4.78 is 0.803. The molecule has 0 spiro atoms. The molecule has 1 aromatic heterocycles. The number of amides is 1. The van der Waals surface area contributed by atoms with Crippen molar-refractivity contribution in [2.45, 2.75) is 25.8 Å². The number of nitrogens with two attached hydrogens (primary N) is 1. The molecule has 2 aromatic rings. The Morgan fingerprint density at radius 3 is 2.85 bits per heavy atom. The molecule has 1 unspecified atom stereocenters. The zero-order valence-electron chi connectivity index (χ0n) is 11.2. The summed E-state index contributed by atoms with van der Waals surface area (Å²) >= 11 is 5.00. The predicted molar refractivity (Wildman–Crippen MR) is 88.0 cm³/mol. The van der Waals surface area contributed by atoms with E-state index in [1.165, 1.54) is 4.88 Å². The van der Waals surface area contributed by atoms with Gasteiger partial charge in [-0.1, -0.05) is 19.4 Å². The number of nitrogen functional groups attached to an aromatic ring is 1. The molecule has 20 heavy (non-hydrogen) atoms. The van der Waals surface area contributed by atoms with Crippen molar-refractivity contribution in [2.75, 3.05) is 5.73 Å². The van der Waals surface area contributed by atoms with Crippen molar-refractivity contribution in [3.05, 3.63) is 50.6 Å². The van der Waals surface area contributed by atoms with E-state index >= 15 is 0 Å². The molecule has 0 aliphatic heterocycles. The zero-order valence-corrected chi connectivity index (χ0v) is 13.6. The molecule has 106 valence electrons. The van der Waals surface area contributed by atoms with E-state index < -0.39 is 0 Å². The number of benzene rings is 1. The van der Waals surface area contributed by atoms with Gasteiger partial charge in [-0.2, -0.15) is 0 Å². The Morgan fingerprint density at radius 2 is 2.25 bits per heavy atom. The molecule has 1 heterocycles. The van der Waals surface area contributed by atoms with Gasteiger partial charge in [-0.15, -0.1) is 11.3 Å². The predicted octanol–water partition coefficient (Wildman–Crippen LogP) is 4.36. The molecule has 0 radical (unpaired) electrons. The molecular weight excluding hydrogens is 336 g/mol. The molecule has 0 aliphatic carbocycles. The summed E-state index contributed by atoms with van der Waals surface area (Å²) in [5.41, 5.74) is 6.97. The summed E-state index contributed by atoms with van der Waals surface area (Å²) in [4.78, 5) is 13.5. The van der Waals surface area contributed by atoms with Crippen LogP contribution in [0.25, 0.3) is 0 Å². The molecule has 0 fully saturated rings. The molecule has 2 rings (SSSR count). The smallest absolute Gasteiger partial charge is 0.251 e. The van der Waals surface area contributed by atoms with E-state index in [1.807, 2.05) is 11.4 Å². The third-order valence-corrected chi connectivity index (χ3v) is 4.74. The van der Waals surface area contributed by atoms with E-state index in [1.54, 1.807) is 29.5 Å². The zero-order chi connectivity index (χ0) is 14.5. The lowest BCUT2D eigenvalue weighted by atomic mass is 10.1. The highest BCUT2D eigenvalue weighted by molar-refractivity contribution is 9.10. The van der Waals surface area contributed by atoms with E-state index in [-0.39, 0.29) is 11.9 Å². The van der Waals surface area contributed by atoms with Crippen molar-refractivity contribution in [2.24, 2.45) is 0 Å². The van der Waals surface area contributed by atoms with Crippen molar-refractivity contribution in [1.29, 1.82) is 0 Å². The van der Waals surface area contributed by atoms with Crippen LogP contribution in [0.15, 0.2) is 40.2 Å².